The van der Waals surface area contributed by atoms with Crippen LogP contribution in [-0.2, 0) is 9.59 Å². The van der Waals surface area contributed by atoms with E-state index in [-0.39, 0.29) is 11.9 Å². The molecule has 4 heteroatoms. The Morgan fingerprint density at radius 2 is 2.00 bits per heavy atom. The van der Waals surface area contributed by atoms with Gasteiger partial charge in [-0.05, 0) is 5.56 Å². The van der Waals surface area contributed by atoms with Crippen molar-refractivity contribution in [2.75, 3.05) is 19.6 Å². The second-order valence-corrected chi connectivity index (χ2v) is 4.22. The number of rotatable bonds is 2. The van der Waals surface area contributed by atoms with Gasteiger partial charge in [0.25, 0.3) is 5.91 Å². The number of hydrogen-bond donors (Lipinski definition) is 1. The summed E-state index contributed by atoms with van der Waals surface area (Å²) in [4.78, 5) is 24.3. The fourth-order valence-electron chi connectivity index (χ4n) is 2.07. The third-order valence-electron chi connectivity index (χ3n) is 2.97. The summed E-state index contributed by atoms with van der Waals surface area (Å²) in [6.45, 7) is 3.20. The van der Waals surface area contributed by atoms with E-state index in [2.05, 4.69) is 5.32 Å². The van der Waals surface area contributed by atoms with Gasteiger partial charge >= 0.3 is 0 Å². The normalized spacial score (nSPS) is 20.1. The largest absolute Gasteiger partial charge is 0.333 e. The van der Waals surface area contributed by atoms with E-state index < -0.39 is 5.78 Å². The highest BCUT2D eigenvalue weighted by Crippen LogP contribution is 2.16. The molecular weight excluding hydrogens is 216 g/mol. The highest BCUT2D eigenvalue weighted by Gasteiger charge is 2.25. The Morgan fingerprint density at radius 1 is 1.29 bits per heavy atom. The molecule has 1 saturated heterocycles. The predicted molar refractivity (Wildman–Crippen MR) is 64.4 cm³/mol. The summed E-state index contributed by atoms with van der Waals surface area (Å²) in [7, 11) is 0. The van der Waals surface area contributed by atoms with Gasteiger partial charge in [-0.1, -0.05) is 30.3 Å². The van der Waals surface area contributed by atoms with Crippen molar-refractivity contribution in [3.05, 3.63) is 35.9 Å². The first-order valence-electron chi connectivity index (χ1n) is 5.76. The minimum atomic E-state index is -0.390. The van der Waals surface area contributed by atoms with Crippen molar-refractivity contribution in [3.63, 3.8) is 0 Å². The number of piperazine rings is 1. The van der Waals surface area contributed by atoms with Crippen molar-refractivity contribution >= 4 is 11.7 Å². The number of amides is 1. The summed E-state index contributed by atoms with van der Waals surface area (Å²) in [6.07, 6.45) is 0. The second kappa shape index (κ2) is 5.10. The van der Waals surface area contributed by atoms with E-state index in [0.717, 1.165) is 12.1 Å². The smallest absolute Gasteiger partial charge is 0.289 e. The number of carbonyl (C=O) groups is 2. The standard InChI is InChI=1S/C13H16N2O2/c1-10(16)13(17)15-8-7-14-12(9-15)11-5-3-2-4-6-11/h2-6,12,14H,7-9H2,1H3. The first kappa shape index (κ1) is 11.8. The maximum absolute atomic E-state index is 11.6. The van der Waals surface area contributed by atoms with Crippen LogP contribution < -0.4 is 5.32 Å². The van der Waals surface area contributed by atoms with Crippen molar-refractivity contribution in [1.82, 2.24) is 10.2 Å². The molecule has 2 rings (SSSR count). The van der Waals surface area contributed by atoms with E-state index in [0.29, 0.717) is 13.1 Å². The molecule has 1 aromatic carbocycles. The zero-order valence-electron chi connectivity index (χ0n) is 9.85. The number of carbonyl (C=O) groups excluding carboxylic acids is 2. The van der Waals surface area contributed by atoms with Gasteiger partial charge in [0.05, 0.1) is 0 Å². The Labute approximate surface area is 101 Å². The average Bonchev–Trinajstić information content (AvgIpc) is 2.39. The summed E-state index contributed by atoms with van der Waals surface area (Å²) in [5, 5.41) is 3.35. The van der Waals surface area contributed by atoms with Crippen LogP contribution in [0.4, 0.5) is 0 Å². The summed E-state index contributed by atoms with van der Waals surface area (Å²) in [5.41, 5.74) is 1.15. The van der Waals surface area contributed by atoms with Crippen LogP contribution in [0.15, 0.2) is 30.3 Å². The Balaban J connectivity index is 2.08. The Hall–Kier alpha value is -1.68. The van der Waals surface area contributed by atoms with Crippen molar-refractivity contribution in [2.24, 2.45) is 0 Å². The molecule has 1 atom stereocenters. The lowest BCUT2D eigenvalue weighted by Gasteiger charge is -2.33. The van der Waals surface area contributed by atoms with Crippen LogP contribution in [0.3, 0.4) is 0 Å². The third-order valence-corrected chi connectivity index (χ3v) is 2.97. The lowest BCUT2D eigenvalue weighted by atomic mass is 10.0. The van der Waals surface area contributed by atoms with Gasteiger partial charge in [-0.3, -0.25) is 9.59 Å². The van der Waals surface area contributed by atoms with Gasteiger partial charge in [0.1, 0.15) is 0 Å². The fourth-order valence-corrected chi connectivity index (χ4v) is 2.07. The molecule has 1 amide bonds. The number of benzene rings is 1. The zero-order chi connectivity index (χ0) is 12.3. The molecule has 1 aliphatic rings. The molecular formula is C13H16N2O2. The highest BCUT2D eigenvalue weighted by molar-refractivity contribution is 6.35. The van der Waals surface area contributed by atoms with Crippen LogP contribution in [0.25, 0.3) is 0 Å². The van der Waals surface area contributed by atoms with E-state index in [1.807, 2.05) is 30.3 Å². The van der Waals surface area contributed by atoms with Gasteiger partial charge in [0.2, 0.25) is 5.78 Å². The van der Waals surface area contributed by atoms with Gasteiger partial charge < -0.3 is 10.2 Å². The molecule has 0 aromatic heterocycles. The van der Waals surface area contributed by atoms with Crippen LogP contribution in [0, 0.1) is 0 Å². The van der Waals surface area contributed by atoms with Crippen molar-refractivity contribution in [2.45, 2.75) is 13.0 Å². The molecule has 0 saturated carbocycles. The van der Waals surface area contributed by atoms with Crippen molar-refractivity contribution in [3.8, 4) is 0 Å². The molecule has 0 spiro atoms. The van der Waals surface area contributed by atoms with Gasteiger partial charge in [-0.25, -0.2) is 0 Å². The highest BCUT2D eigenvalue weighted by atomic mass is 16.2. The first-order valence-corrected chi connectivity index (χ1v) is 5.76. The van der Waals surface area contributed by atoms with Gasteiger partial charge in [-0.15, -0.1) is 0 Å². The topological polar surface area (TPSA) is 49.4 Å². The minimum absolute atomic E-state index is 0.119. The molecule has 0 aliphatic carbocycles. The van der Waals surface area contributed by atoms with Gasteiger partial charge in [0, 0.05) is 32.6 Å². The third kappa shape index (κ3) is 2.71. The molecule has 4 nitrogen and oxygen atoms in total. The lowest BCUT2D eigenvalue weighted by Crippen LogP contribution is -2.49. The van der Waals surface area contributed by atoms with E-state index in [1.165, 1.54) is 6.92 Å². The predicted octanol–water partition coefficient (Wildman–Crippen LogP) is 0.748. The lowest BCUT2D eigenvalue weighted by molar-refractivity contribution is -0.144. The van der Waals surface area contributed by atoms with Crippen LogP contribution >= 0.6 is 0 Å². The van der Waals surface area contributed by atoms with Crippen LogP contribution in [0.5, 0.6) is 0 Å². The van der Waals surface area contributed by atoms with Crippen LogP contribution in [-0.4, -0.2) is 36.2 Å². The number of Topliss-reactive ketones (excluding diaryl/α,β-unsaturated/α-hetero) is 1. The van der Waals surface area contributed by atoms with Crippen molar-refractivity contribution in [1.29, 1.82) is 0 Å². The summed E-state index contributed by atoms with van der Waals surface area (Å²) < 4.78 is 0. The van der Waals surface area contributed by atoms with E-state index >= 15 is 0 Å². The molecule has 1 aromatic rings. The number of nitrogens with zero attached hydrogens (tertiary/aromatic N) is 1. The SMILES string of the molecule is CC(=O)C(=O)N1CCNC(c2ccccc2)C1. The molecule has 1 fully saturated rings. The van der Waals surface area contributed by atoms with Crippen LogP contribution in [0.2, 0.25) is 0 Å². The van der Waals surface area contributed by atoms with Gasteiger partial charge in [-0.2, -0.15) is 0 Å². The molecule has 1 N–H and O–H groups in total. The molecule has 17 heavy (non-hydrogen) atoms. The quantitative estimate of drug-likeness (QED) is 0.765. The molecule has 0 radical (unpaired) electrons. The fraction of sp³-hybridized carbons (Fsp3) is 0.385. The maximum atomic E-state index is 11.6. The monoisotopic (exact) mass is 232 g/mol. The minimum Gasteiger partial charge on any atom is -0.333 e. The molecule has 0 bridgehead atoms. The summed E-state index contributed by atoms with van der Waals surface area (Å²) in [5.74, 6) is -0.772. The molecule has 1 heterocycles. The molecule has 90 valence electrons. The number of hydrogen-bond acceptors (Lipinski definition) is 3. The average molecular weight is 232 g/mol. The number of ketones is 1. The molecule has 1 aliphatic heterocycles. The van der Waals surface area contributed by atoms with Crippen molar-refractivity contribution < 1.29 is 9.59 Å². The summed E-state index contributed by atoms with van der Waals surface area (Å²) in [6, 6.07) is 10.1. The van der Waals surface area contributed by atoms with E-state index in [9.17, 15) is 9.59 Å². The summed E-state index contributed by atoms with van der Waals surface area (Å²) >= 11 is 0. The first-order chi connectivity index (χ1) is 8.18. The van der Waals surface area contributed by atoms with E-state index in [4.69, 9.17) is 0 Å². The molecule has 1 unspecified atom stereocenters. The zero-order valence-corrected chi connectivity index (χ0v) is 9.85. The number of nitrogens with one attached hydrogen (secondary N) is 1. The van der Waals surface area contributed by atoms with Crippen LogP contribution in [0.1, 0.15) is 18.5 Å². The van der Waals surface area contributed by atoms with Gasteiger partial charge in [0.15, 0.2) is 0 Å². The second-order valence-electron chi connectivity index (χ2n) is 4.22. The Morgan fingerprint density at radius 3 is 2.65 bits per heavy atom. The Bertz CT molecular complexity index is 417. The Kier molecular flexibility index (Phi) is 3.54. The van der Waals surface area contributed by atoms with E-state index in [1.54, 1.807) is 4.90 Å². The maximum Gasteiger partial charge on any atom is 0.289 e.